The summed E-state index contributed by atoms with van der Waals surface area (Å²) in [5.41, 5.74) is -1.23. The number of hydrogen-bond acceptors (Lipinski definition) is 7. The summed E-state index contributed by atoms with van der Waals surface area (Å²) in [6.45, 7) is 6.95. The maximum atomic E-state index is 12.9. The molecule has 2 heterocycles. The zero-order valence-electron chi connectivity index (χ0n) is 14.6. The molecule has 0 aromatic carbocycles. The van der Waals surface area contributed by atoms with E-state index >= 15 is 0 Å². The first-order valence-corrected chi connectivity index (χ1v) is 8.07. The summed E-state index contributed by atoms with van der Waals surface area (Å²) >= 11 is 0. The molecule has 0 bridgehead atoms. The second-order valence-corrected chi connectivity index (χ2v) is 6.13. The Kier molecular flexibility index (Phi) is 5.24. The normalized spacial score (nSPS) is 16.6. The number of carbonyl (C=O) groups excluding carboxylic acids is 2. The highest BCUT2D eigenvalue weighted by atomic mass is 16.6. The van der Waals surface area contributed by atoms with Gasteiger partial charge in [-0.2, -0.15) is 0 Å². The molecule has 0 fully saturated rings. The summed E-state index contributed by atoms with van der Waals surface area (Å²) in [5, 5.41) is 11.0. The Morgan fingerprint density at radius 1 is 1.44 bits per heavy atom. The standard InChI is InChI=1S/C16H21N3O6/c1-5-9-24-14(20)10(6-2)18-13-11(25-16(3,4)15(18)21)7-8-12(17-13)19(22)23/h7-8,10H,5-6,9H2,1-4H3. The molecule has 9 nitrogen and oxygen atoms in total. The van der Waals surface area contributed by atoms with E-state index in [0.29, 0.717) is 6.42 Å². The van der Waals surface area contributed by atoms with Crippen molar-refractivity contribution in [1.29, 1.82) is 0 Å². The van der Waals surface area contributed by atoms with E-state index in [1.165, 1.54) is 12.1 Å². The molecule has 1 aromatic heterocycles. The fourth-order valence-electron chi connectivity index (χ4n) is 2.53. The van der Waals surface area contributed by atoms with Gasteiger partial charge >= 0.3 is 11.8 Å². The molecule has 0 spiro atoms. The van der Waals surface area contributed by atoms with Crippen LogP contribution in [0.1, 0.15) is 40.5 Å². The first-order valence-electron chi connectivity index (χ1n) is 8.07. The predicted molar refractivity (Wildman–Crippen MR) is 88.4 cm³/mol. The number of ether oxygens (including phenoxy) is 2. The van der Waals surface area contributed by atoms with Gasteiger partial charge in [0.1, 0.15) is 6.04 Å². The van der Waals surface area contributed by atoms with Crippen molar-refractivity contribution >= 4 is 23.5 Å². The number of nitrogens with zero attached hydrogens (tertiary/aromatic N) is 3. The minimum Gasteiger partial charge on any atom is -0.472 e. The van der Waals surface area contributed by atoms with Crippen molar-refractivity contribution in [2.75, 3.05) is 11.5 Å². The van der Waals surface area contributed by atoms with E-state index in [0.717, 1.165) is 4.90 Å². The highest BCUT2D eigenvalue weighted by molar-refractivity contribution is 6.05. The maximum Gasteiger partial charge on any atom is 0.366 e. The molecule has 0 N–H and O–H groups in total. The second-order valence-electron chi connectivity index (χ2n) is 6.13. The first kappa shape index (κ1) is 18.6. The fourth-order valence-corrected chi connectivity index (χ4v) is 2.53. The third-order valence-electron chi connectivity index (χ3n) is 3.76. The van der Waals surface area contributed by atoms with Crippen LogP contribution in [-0.4, -0.2) is 40.0 Å². The van der Waals surface area contributed by atoms with Crippen molar-refractivity contribution in [1.82, 2.24) is 4.98 Å². The Hall–Kier alpha value is -2.71. The number of amides is 1. The maximum absolute atomic E-state index is 12.9. The van der Waals surface area contributed by atoms with Crippen LogP contribution in [0.15, 0.2) is 12.1 Å². The van der Waals surface area contributed by atoms with Gasteiger partial charge in [0, 0.05) is 6.07 Å². The molecule has 1 aliphatic heterocycles. The lowest BCUT2D eigenvalue weighted by molar-refractivity contribution is -0.389. The molecular weight excluding hydrogens is 330 g/mol. The molecule has 1 unspecified atom stereocenters. The van der Waals surface area contributed by atoms with Crippen LogP contribution in [0, 0.1) is 10.1 Å². The molecule has 1 aliphatic rings. The molecule has 9 heteroatoms. The molecular formula is C16H21N3O6. The van der Waals surface area contributed by atoms with Gasteiger partial charge in [-0.3, -0.25) is 9.69 Å². The molecule has 0 aliphatic carbocycles. The summed E-state index contributed by atoms with van der Waals surface area (Å²) < 4.78 is 10.8. The van der Waals surface area contributed by atoms with Crippen LogP contribution >= 0.6 is 0 Å². The lowest BCUT2D eigenvalue weighted by Gasteiger charge is -2.38. The van der Waals surface area contributed by atoms with Gasteiger partial charge in [0.15, 0.2) is 11.4 Å². The smallest absolute Gasteiger partial charge is 0.366 e. The summed E-state index contributed by atoms with van der Waals surface area (Å²) in [6.07, 6.45) is 0.916. The van der Waals surface area contributed by atoms with Gasteiger partial charge in [0.25, 0.3) is 11.7 Å². The van der Waals surface area contributed by atoms with E-state index in [2.05, 4.69) is 4.98 Å². The van der Waals surface area contributed by atoms with Gasteiger partial charge in [-0.1, -0.05) is 13.8 Å². The molecule has 0 saturated heterocycles. The van der Waals surface area contributed by atoms with E-state index in [-0.39, 0.29) is 24.6 Å². The second kappa shape index (κ2) is 7.04. The number of pyridine rings is 1. The number of nitro groups is 1. The Bertz CT molecular complexity index is 703. The van der Waals surface area contributed by atoms with Gasteiger partial charge in [-0.05, 0) is 42.7 Å². The monoisotopic (exact) mass is 351 g/mol. The minimum absolute atomic E-state index is 0.0428. The van der Waals surface area contributed by atoms with Gasteiger partial charge in [-0.15, -0.1) is 0 Å². The van der Waals surface area contributed by atoms with Gasteiger partial charge in [0.2, 0.25) is 0 Å². The number of aromatic nitrogens is 1. The van der Waals surface area contributed by atoms with Crippen molar-refractivity contribution < 1.29 is 24.0 Å². The first-order chi connectivity index (χ1) is 11.7. The molecule has 1 atom stereocenters. The topological polar surface area (TPSA) is 112 Å². The lowest BCUT2D eigenvalue weighted by Crippen LogP contribution is -2.58. The van der Waals surface area contributed by atoms with Crippen LogP contribution < -0.4 is 9.64 Å². The largest absolute Gasteiger partial charge is 0.472 e. The van der Waals surface area contributed by atoms with Gasteiger partial charge in [-0.25, -0.2) is 4.79 Å². The third kappa shape index (κ3) is 3.54. The Morgan fingerprint density at radius 3 is 2.68 bits per heavy atom. The van der Waals surface area contributed by atoms with Crippen molar-refractivity contribution in [3.05, 3.63) is 22.2 Å². The summed E-state index contributed by atoms with van der Waals surface area (Å²) in [5.74, 6) is -1.35. The number of fused-ring (bicyclic) bond motifs is 1. The zero-order chi connectivity index (χ0) is 18.8. The Balaban J connectivity index is 2.53. The fraction of sp³-hybridized carbons (Fsp3) is 0.562. The van der Waals surface area contributed by atoms with Crippen LogP contribution in [0.25, 0.3) is 0 Å². The number of anilines is 1. The molecule has 0 radical (unpaired) electrons. The third-order valence-corrected chi connectivity index (χ3v) is 3.76. The van der Waals surface area contributed by atoms with Crippen molar-refractivity contribution in [3.8, 4) is 5.75 Å². The van der Waals surface area contributed by atoms with Crippen LogP contribution in [0.4, 0.5) is 11.6 Å². The van der Waals surface area contributed by atoms with Crippen molar-refractivity contribution in [3.63, 3.8) is 0 Å². The molecule has 0 saturated carbocycles. The zero-order valence-corrected chi connectivity index (χ0v) is 14.6. The Labute approximate surface area is 145 Å². The average molecular weight is 351 g/mol. The van der Waals surface area contributed by atoms with E-state index < -0.39 is 34.3 Å². The number of esters is 1. The molecule has 136 valence electrons. The number of rotatable bonds is 6. The van der Waals surface area contributed by atoms with Crippen molar-refractivity contribution in [2.24, 2.45) is 0 Å². The van der Waals surface area contributed by atoms with E-state index in [9.17, 15) is 19.7 Å². The van der Waals surface area contributed by atoms with E-state index in [1.807, 2.05) is 6.92 Å². The number of hydrogen-bond donors (Lipinski definition) is 0. The molecule has 25 heavy (non-hydrogen) atoms. The van der Waals surface area contributed by atoms with Crippen LogP contribution in [0.2, 0.25) is 0 Å². The summed E-state index contributed by atoms with van der Waals surface area (Å²) in [4.78, 5) is 40.7. The summed E-state index contributed by atoms with van der Waals surface area (Å²) in [7, 11) is 0. The van der Waals surface area contributed by atoms with Crippen LogP contribution in [0.5, 0.6) is 5.75 Å². The van der Waals surface area contributed by atoms with Gasteiger partial charge in [0.05, 0.1) is 6.61 Å². The van der Waals surface area contributed by atoms with Crippen molar-refractivity contribution in [2.45, 2.75) is 52.2 Å². The van der Waals surface area contributed by atoms with E-state index in [1.54, 1.807) is 20.8 Å². The van der Waals surface area contributed by atoms with Gasteiger partial charge < -0.3 is 19.6 Å². The molecule has 2 rings (SSSR count). The summed E-state index contributed by atoms with van der Waals surface area (Å²) in [6, 6.07) is 1.64. The Morgan fingerprint density at radius 2 is 2.12 bits per heavy atom. The average Bonchev–Trinajstić information content (AvgIpc) is 2.56. The SMILES string of the molecule is CCCOC(=O)C(CC)N1C(=O)C(C)(C)Oc2ccc([N+](=O)[O-])nc21. The molecule has 1 aromatic rings. The number of carbonyl (C=O) groups is 2. The highest BCUT2D eigenvalue weighted by Gasteiger charge is 2.48. The van der Waals surface area contributed by atoms with E-state index in [4.69, 9.17) is 9.47 Å². The molecule has 1 amide bonds. The lowest BCUT2D eigenvalue weighted by atomic mass is 10.0. The predicted octanol–water partition coefficient (Wildman–Crippen LogP) is 2.23. The minimum atomic E-state index is -1.23. The highest BCUT2D eigenvalue weighted by Crippen LogP contribution is 2.39. The quantitative estimate of drug-likeness (QED) is 0.439. The van der Waals surface area contributed by atoms with Crippen LogP contribution in [0.3, 0.4) is 0 Å². The van der Waals surface area contributed by atoms with Crippen LogP contribution in [-0.2, 0) is 14.3 Å².